The van der Waals surface area contributed by atoms with Gasteiger partial charge in [0.2, 0.25) is 0 Å². The molecule has 1 N–H and O–H groups in total. The molecule has 0 saturated heterocycles. The van der Waals surface area contributed by atoms with Crippen molar-refractivity contribution in [3.8, 4) is 22.3 Å². The molecule has 0 aliphatic heterocycles. The lowest BCUT2D eigenvalue weighted by molar-refractivity contribution is 0.660. The Bertz CT molecular complexity index is 1140. The maximum Gasteiger partial charge on any atom is 0.0387 e. The van der Waals surface area contributed by atoms with Crippen LogP contribution in [0.1, 0.15) is 25.0 Å². The van der Waals surface area contributed by atoms with E-state index in [-0.39, 0.29) is 5.41 Å². The summed E-state index contributed by atoms with van der Waals surface area (Å²) in [6.07, 6.45) is 3.69. The van der Waals surface area contributed by atoms with Gasteiger partial charge in [0.25, 0.3) is 0 Å². The summed E-state index contributed by atoms with van der Waals surface area (Å²) in [5.74, 6) is 0. The van der Waals surface area contributed by atoms with Crippen LogP contribution in [0.2, 0.25) is 0 Å². The Kier molecular flexibility index (Phi) is 3.80. The number of nitrogens with one attached hydrogen (secondary N) is 1. The van der Waals surface area contributed by atoms with E-state index in [1.165, 1.54) is 27.8 Å². The van der Waals surface area contributed by atoms with Crippen LogP contribution < -0.4 is 5.32 Å². The Hall–Kier alpha value is -3.39. The third-order valence-electron chi connectivity index (χ3n) is 5.75. The summed E-state index contributed by atoms with van der Waals surface area (Å²) in [4.78, 5) is 4.20. The highest BCUT2D eigenvalue weighted by atomic mass is 14.9. The molecule has 0 amide bonds. The molecule has 1 aromatic heterocycles. The van der Waals surface area contributed by atoms with E-state index in [0.717, 1.165) is 16.9 Å². The highest BCUT2D eigenvalue weighted by Gasteiger charge is 2.35. The smallest absolute Gasteiger partial charge is 0.0387 e. The summed E-state index contributed by atoms with van der Waals surface area (Å²) >= 11 is 0. The average molecular weight is 362 g/mol. The van der Waals surface area contributed by atoms with Gasteiger partial charge in [-0.05, 0) is 63.7 Å². The van der Waals surface area contributed by atoms with Gasteiger partial charge in [0.05, 0.1) is 0 Å². The fraction of sp³-hybridized carbons (Fsp3) is 0.115. The van der Waals surface area contributed by atoms with Crippen molar-refractivity contribution in [3.05, 3.63) is 102 Å². The first kappa shape index (κ1) is 16.8. The highest BCUT2D eigenvalue weighted by molar-refractivity contribution is 5.83. The number of rotatable bonds is 3. The summed E-state index contributed by atoms with van der Waals surface area (Å²) in [6.45, 7) is 4.62. The number of pyridine rings is 1. The first-order chi connectivity index (χ1) is 13.6. The maximum absolute atomic E-state index is 4.20. The summed E-state index contributed by atoms with van der Waals surface area (Å²) < 4.78 is 0. The molecule has 1 aliphatic rings. The minimum absolute atomic E-state index is 0.0216. The van der Waals surface area contributed by atoms with Gasteiger partial charge in [-0.3, -0.25) is 4.98 Å². The van der Waals surface area contributed by atoms with Crippen molar-refractivity contribution in [2.45, 2.75) is 19.3 Å². The Balaban J connectivity index is 1.44. The molecule has 0 fully saturated rings. The summed E-state index contributed by atoms with van der Waals surface area (Å²) in [5, 5.41) is 3.56. The number of fused-ring (bicyclic) bond motifs is 3. The van der Waals surface area contributed by atoms with Crippen LogP contribution in [0.25, 0.3) is 22.3 Å². The minimum atomic E-state index is 0.0216. The quantitative estimate of drug-likeness (QED) is 0.433. The number of hydrogen-bond acceptors (Lipinski definition) is 2. The minimum Gasteiger partial charge on any atom is -0.356 e. The molecule has 0 atom stereocenters. The van der Waals surface area contributed by atoms with Gasteiger partial charge in [-0.1, -0.05) is 62.4 Å². The molecule has 0 radical (unpaired) electrons. The number of hydrogen-bond donors (Lipinski definition) is 1. The fourth-order valence-electron chi connectivity index (χ4n) is 4.23. The van der Waals surface area contributed by atoms with E-state index < -0.39 is 0 Å². The molecule has 0 unspecified atom stereocenters. The Labute approximate surface area is 165 Å². The van der Waals surface area contributed by atoms with Crippen molar-refractivity contribution >= 4 is 11.4 Å². The van der Waals surface area contributed by atoms with E-state index in [9.17, 15) is 0 Å². The number of aromatic nitrogens is 1. The van der Waals surface area contributed by atoms with Crippen molar-refractivity contribution in [2.24, 2.45) is 0 Å². The maximum atomic E-state index is 4.20. The third kappa shape index (κ3) is 2.69. The van der Waals surface area contributed by atoms with Gasteiger partial charge < -0.3 is 5.32 Å². The largest absolute Gasteiger partial charge is 0.356 e. The second kappa shape index (κ2) is 6.35. The second-order valence-electron chi connectivity index (χ2n) is 7.87. The van der Waals surface area contributed by atoms with Crippen LogP contribution >= 0.6 is 0 Å². The lowest BCUT2D eigenvalue weighted by Crippen LogP contribution is -2.15. The van der Waals surface area contributed by atoms with Crippen LogP contribution in [0.5, 0.6) is 0 Å². The van der Waals surface area contributed by atoms with Crippen molar-refractivity contribution in [2.75, 3.05) is 5.32 Å². The zero-order valence-electron chi connectivity index (χ0n) is 16.1. The fourth-order valence-corrected chi connectivity index (χ4v) is 4.23. The molecule has 28 heavy (non-hydrogen) atoms. The molecule has 0 saturated carbocycles. The monoisotopic (exact) mass is 362 g/mol. The molecule has 5 rings (SSSR count). The van der Waals surface area contributed by atoms with Crippen molar-refractivity contribution in [1.82, 2.24) is 4.98 Å². The average Bonchev–Trinajstić information content (AvgIpc) is 2.97. The first-order valence-electron chi connectivity index (χ1n) is 9.65. The third-order valence-corrected chi connectivity index (χ3v) is 5.75. The first-order valence-corrected chi connectivity index (χ1v) is 9.65. The normalized spacial score (nSPS) is 13.6. The molecule has 136 valence electrons. The number of anilines is 2. The van der Waals surface area contributed by atoms with Gasteiger partial charge in [-0.2, -0.15) is 0 Å². The van der Waals surface area contributed by atoms with Crippen LogP contribution in [0, 0.1) is 0 Å². The lowest BCUT2D eigenvalue weighted by Gasteiger charge is -2.22. The van der Waals surface area contributed by atoms with E-state index in [2.05, 4.69) is 96.9 Å². The van der Waals surface area contributed by atoms with E-state index in [1.807, 2.05) is 12.3 Å². The molecule has 1 heterocycles. The predicted molar refractivity (Wildman–Crippen MR) is 117 cm³/mol. The van der Waals surface area contributed by atoms with Gasteiger partial charge in [0, 0.05) is 29.2 Å². The van der Waals surface area contributed by atoms with Gasteiger partial charge in [0.15, 0.2) is 0 Å². The number of nitrogens with zero attached hydrogens (tertiary/aromatic N) is 1. The van der Waals surface area contributed by atoms with Gasteiger partial charge in [-0.15, -0.1) is 0 Å². The van der Waals surface area contributed by atoms with Crippen LogP contribution in [0.4, 0.5) is 11.4 Å². The molecule has 1 aliphatic carbocycles. The molecule has 3 aromatic carbocycles. The Morgan fingerprint density at radius 2 is 1.43 bits per heavy atom. The standard InChI is InChI=1S/C26H22N2/c1-26(2)24-8-4-3-7-22(24)23-14-13-21(16-25(23)26)28-20-11-9-18(10-12-20)19-6-5-15-27-17-19/h3-17,28H,1-2H3. The van der Waals surface area contributed by atoms with Crippen LogP contribution in [0.15, 0.2) is 91.3 Å². The molecule has 0 spiro atoms. The van der Waals surface area contributed by atoms with Crippen LogP contribution in [0.3, 0.4) is 0 Å². The lowest BCUT2D eigenvalue weighted by atomic mass is 9.82. The zero-order chi connectivity index (χ0) is 19.1. The van der Waals surface area contributed by atoms with Crippen molar-refractivity contribution in [1.29, 1.82) is 0 Å². The van der Waals surface area contributed by atoms with E-state index in [4.69, 9.17) is 0 Å². The van der Waals surface area contributed by atoms with E-state index >= 15 is 0 Å². The molecular formula is C26H22N2. The summed E-state index contributed by atoms with van der Waals surface area (Å²) in [6, 6.07) is 28.0. The van der Waals surface area contributed by atoms with E-state index in [0.29, 0.717) is 0 Å². The summed E-state index contributed by atoms with van der Waals surface area (Å²) in [5.41, 5.74) is 10.0. The van der Waals surface area contributed by atoms with E-state index in [1.54, 1.807) is 6.20 Å². The Morgan fingerprint density at radius 3 is 2.21 bits per heavy atom. The SMILES string of the molecule is CC1(C)c2ccccc2-c2ccc(Nc3ccc(-c4cccnc4)cc3)cc21. The highest BCUT2D eigenvalue weighted by Crippen LogP contribution is 2.49. The van der Waals surface area contributed by atoms with Crippen molar-refractivity contribution in [3.63, 3.8) is 0 Å². The predicted octanol–water partition coefficient (Wildman–Crippen LogP) is 6.80. The Morgan fingerprint density at radius 1 is 0.679 bits per heavy atom. The zero-order valence-corrected chi connectivity index (χ0v) is 16.1. The molecule has 2 heteroatoms. The topological polar surface area (TPSA) is 24.9 Å². The van der Waals surface area contributed by atoms with Gasteiger partial charge in [0.1, 0.15) is 0 Å². The van der Waals surface area contributed by atoms with Gasteiger partial charge in [-0.25, -0.2) is 0 Å². The second-order valence-corrected chi connectivity index (χ2v) is 7.87. The van der Waals surface area contributed by atoms with Crippen molar-refractivity contribution < 1.29 is 0 Å². The molecule has 0 bridgehead atoms. The molecular weight excluding hydrogens is 340 g/mol. The van der Waals surface area contributed by atoms with Gasteiger partial charge >= 0.3 is 0 Å². The van der Waals surface area contributed by atoms with Crippen LogP contribution in [-0.4, -0.2) is 4.98 Å². The van der Waals surface area contributed by atoms with Crippen LogP contribution in [-0.2, 0) is 5.41 Å². The number of benzene rings is 3. The molecule has 4 aromatic rings. The molecule has 2 nitrogen and oxygen atoms in total. The summed E-state index contributed by atoms with van der Waals surface area (Å²) in [7, 11) is 0.